The molecule has 10 heteroatoms. The molecule has 4 amide bonds. The van der Waals surface area contributed by atoms with Crippen molar-refractivity contribution in [3.05, 3.63) is 111 Å². The molecule has 0 aromatic heterocycles. The molecule has 0 bridgehead atoms. The molecule has 1 saturated heterocycles. The van der Waals surface area contributed by atoms with E-state index >= 15 is 0 Å². The number of nitrogens with one attached hydrogen (secondary N) is 1. The number of hydrogen-bond donors (Lipinski definition) is 1. The van der Waals surface area contributed by atoms with Gasteiger partial charge in [0.15, 0.2) is 0 Å². The van der Waals surface area contributed by atoms with Crippen LogP contribution in [0.4, 0.5) is 10.5 Å². The highest BCUT2D eigenvalue weighted by molar-refractivity contribution is 6.39. The normalized spacial score (nSPS) is 14.4. The maximum atomic E-state index is 13.5. The summed E-state index contributed by atoms with van der Waals surface area (Å²) in [6.45, 7) is 0.0990. The molecule has 0 atom stereocenters. The number of ether oxygens (including phenoxy) is 2. The number of imide groups is 2. The molecule has 4 aromatic rings. The van der Waals surface area contributed by atoms with Crippen LogP contribution in [0.3, 0.4) is 0 Å². The molecule has 200 valence electrons. The molecule has 1 aliphatic rings. The van der Waals surface area contributed by atoms with E-state index in [2.05, 4.69) is 10.1 Å². The molecule has 0 saturated carbocycles. The fraction of sp³-hybridized carbons (Fsp3) is 0.0667. The molecule has 0 aliphatic carbocycles. The van der Waals surface area contributed by atoms with E-state index in [0.29, 0.717) is 26.9 Å². The highest BCUT2D eigenvalue weighted by atomic mass is 35.5. The predicted octanol–water partition coefficient (Wildman–Crippen LogP) is 6.18. The highest BCUT2D eigenvalue weighted by Crippen LogP contribution is 2.33. The van der Waals surface area contributed by atoms with Crippen LogP contribution in [0.15, 0.2) is 84.4 Å². The number of fused-ring (bicyclic) bond motifs is 1. The predicted molar refractivity (Wildman–Crippen MR) is 152 cm³/mol. The SMILES string of the molecule is COC(=O)c1ccc(N2C(=O)NC(=O)/C(=C\c3c(OCc4ccc(Cl)cc4Cl)ccc4ccccc34)C2=O)cc1. The van der Waals surface area contributed by atoms with Gasteiger partial charge in [-0.3, -0.25) is 14.9 Å². The number of nitrogens with zero attached hydrogens (tertiary/aromatic N) is 1. The lowest BCUT2D eigenvalue weighted by molar-refractivity contribution is -0.122. The van der Waals surface area contributed by atoms with E-state index < -0.39 is 23.8 Å². The van der Waals surface area contributed by atoms with Crippen molar-refractivity contribution in [2.75, 3.05) is 12.0 Å². The zero-order chi connectivity index (χ0) is 28.4. The average molecular weight is 575 g/mol. The van der Waals surface area contributed by atoms with Gasteiger partial charge < -0.3 is 9.47 Å². The third kappa shape index (κ3) is 5.27. The molecule has 1 heterocycles. The number of rotatable bonds is 6. The van der Waals surface area contributed by atoms with Crippen molar-refractivity contribution in [1.29, 1.82) is 0 Å². The van der Waals surface area contributed by atoms with Crippen LogP contribution < -0.4 is 15.0 Å². The number of carbonyl (C=O) groups is 4. The molecule has 0 spiro atoms. The number of hydrogen-bond acceptors (Lipinski definition) is 6. The molecule has 40 heavy (non-hydrogen) atoms. The van der Waals surface area contributed by atoms with Gasteiger partial charge in [0.1, 0.15) is 17.9 Å². The molecule has 0 radical (unpaired) electrons. The van der Waals surface area contributed by atoms with Crippen LogP contribution in [0.1, 0.15) is 21.5 Å². The van der Waals surface area contributed by atoms with Gasteiger partial charge in [-0.25, -0.2) is 14.5 Å². The Kier molecular flexibility index (Phi) is 7.55. The quantitative estimate of drug-likeness (QED) is 0.167. The van der Waals surface area contributed by atoms with Gasteiger partial charge in [-0.2, -0.15) is 0 Å². The Balaban J connectivity index is 1.55. The first-order valence-electron chi connectivity index (χ1n) is 11.9. The zero-order valence-electron chi connectivity index (χ0n) is 20.9. The van der Waals surface area contributed by atoms with Crippen molar-refractivity contribution in [3.63, 3.8) is 0 Å². The lowest BCUT2D eigenvalue weighted by atomic mass is 9.99. The first-order valence-corrected chi connectivity index (χ1v) is 12.7. The number of esters is 1. The van der Waals surface area contributed by atoms with E-state index in [4.69, 9.17) is 27.9 Å². The van der Waals surface area contributed by atoms with Crippen LogP contribution in [0.2, 0.25) is 10.0 Å². The maximum absolute atomic E-state index is 13.5. The summed E-state index contributed by atoms with van der Waals surface area (Å²) in [5.41, 5.74) is 1.29. The number of carbonyl (C=O) groups excluding carboxylic acids is 4. The van der Waals surface area contributed by atoms with Gasteiger partial charge in [0.25, 0.3) is 11.8 Å². The monoisotopic (exact) mass is 574 g/mol. The lowest BCUT2D eigenvalue weighted by Gasteiger charge is -2.26. The summed E-state index contributed by atoms with van der Waals surface area (Å²) in [6.07, 6.45) is 1.40. The van der Waals surface area contributed by atoms with Gasteiger partial charge in [-0.1, -0.05) is 59.6 Å². The number of halogens is 2. The van der Waals surface area contributed by atoms with Crippen molar-refractivity contribution >= 4 is 69.6 Å². The Hall–Kier alpha value is -4.66. The topological polar surface area (TPSA) is 102 Å². The van der Waals surface area contributed by atoms with Gasteiger partial charge in [-0.15, -0.1) is 0 Å². The fourth-order valence-electron chi connectivity index (χ4n) is 4.25. The second-order valence-corrected chi connectivity index (χ2v) is 9.56. The Morgan fingerprint density at radius 1 is 0.950 bits per heavy atom. The summed E-state index contributed by atoms with van der Waals surface area (Å²) in [7, 11) is 1.25. The van der Waals surface area contributed by atoms with E-state index in [0.717, 1.165) is 15.7 Å². The van der Waals surface area contributed by atoms with E-state index in [9.17, 15) is 19.2 Å². The van der Waals surface area contributed by atoms with Crippen molar-refractivity contribution < 1.29 is 28.7 Å². The number of amides is 4. The molecule has 8 nitrogen and oxygen atoms in total. The second kappa shape index (κ2) is 11.2. The Labute approximate surface area is 238 Å². The number of barbiturate groups is 1. The van der Waals surface area contributed by atoms with Gasteiger partial charge in [0, 0.05) is 21.2 Å². The highest BCUT2D eigenvalue weighted by Gasteiger charge is 2.37. The first-order chi connectivity index (χ1) is 19.3. The lowest BCUT2D eigenvalue weighted by Crippen LogP contribution is -2.54. The maximum Gasteiger partial charge on any atom is 0.337 e. The van der Waals surface area contributed by atoms with E-state index in [-0.39, 0.29) is 23.4 Å². The summed E-state index contributed by atoms with van der Waals surface area (Å²) in [4.78, 5) is 51.7. The standard InChI is InChI=1S/C30H20Cl2N2O6/c1-39-29(37)18-7-11-21(12-8-18)34-28(36)24(27(35)33-30(34)38)15-23-22-5-3-2-4-17(22)9-13-26(23)40-16-19-6-10-20(31)14-25(19)32/h2-15H,16H2,1H3,(H,33,35,38)/b24-15+. The van der Waals surface area contributed by atoms with Crippen LogP contribution in [-0.2, 0) is 20.9 Å². The van der Waals surface area contributed by atoms with Gasteiger partial charge in [0.2, 0.25) is 0 Å². The summed E-state index contributed by atoms with van der Waals surface area (Å²) >= 11 is 12.3. The fourth-order valence-corrected chi connectivity index (χ4v) is 4.71. The summed E-state index contributed by atoms with van der Waals surface area (Å²) in [5.74, 6) is -1.86. The van der Waals surface area contributed by atoms with Crippen LogP contribution >= 0.6 is 23.2 Å². The summed E-state index contributed by atoms with van der Waals surface area (Å²) < 4.78 is 10.8. The van der Waals surface area contributed by atoms with E-state index in [1.807, 2.05) is 30.3 Å². The van der Waals surface area contributed by atoms with Crippen LogP contribution in [-0.4, -0.2) is 30.9 Å². The minimum atomic E-state index is -0.912. The average Bonchev–Trinajstić information content (AvgIpc) is 2.95. The number of benzene rings is 4. The first kappa shape index (κ1) is 26.9. The Morgan fingerprint density at radius 2 is 1.70 bits per heavy atom. The third-order valence-electron chi connectivity index (χ3n) is 6.27. The van der Waals surface area contributed by atoms with Crippen LogP contribution in [0.25, 0.3) is 16.8 Å². The second-order valence-electron chi connectivity index (χ2n) is 8.72. The van der Waals surface area contributed by atoms with Gasteiger partial charge in [0.05, 0.1) is 18.4 Å². The molecule has 4 aromatic carbocycles. The van der Waals surface area contributed by atoms with Crippen molar-refractivity contribution in [3.8, 4) is 5.75 Å². The third-order valence-corrected chi connectivity index (χ3v) is 6.85. The smallest absolute Gasteiger partial charge is 0.337 e. The Morgan fingerprint density at radius 3 is 2.42 bits per heavy atom. The van der Waals surface area contributed by atoms with Crippen molar-refractivity contribution in [1.82, 2.24) is 5.32 Å². The van der Waals surface area contributed by atoms with Gasteiger partial charge in [-0.05, 0) is 59.3 Å². The zero-order valence-corrected chi connectivity index (χ0v) is 22.5. The molecule has 0 unspecified atom stereocenters. The number of urea groups is 1. The molecule has 5 rings (SSSR count). The van der Waals surface area contributed by atoms with E-state index in [1.165, 1.54) is 37.5 Å². The van der Waals surface area contributed by atoms with Crippen LogP contribution in [0.5, 0.6) is 5.75 Å². The van der Waals surface area contributed by atoms with Crippen molar-refractivity contribution in [2.24, 2.45) is 0 Å². The number of anilines is 1. The molecule has 1 aliphatic heterocycles. The molecular weight excluding hydrogens is 555 g/mol. The minimum Gasteiger partial charge on any atom is -0.488 e. The van der Waals surface area contributed by atoms with Crippen molar-refractivity contribution in [2.45, 2.75) is 6.61 Å². The van der Waals surface area contributed by atoms with E-state index in [1.54, 1.807) is 24.3 Å². The summed E-state index contributed by atoms with van der Waals surface area (Å²) in [6, 6.07) is 20.8. The number of methoxy groups -OCH3 is 1. The Bertz CT molecular complexity index is 1720. The summed E-state index contributed by atoms with van der Waals surface area (Å²) in [5, 5.41) is 4.71. The molecular formula is C30H20Cl2N2O6. The van der Waals surface area contributed by atoms with Crippen LogP contribution in [0, 0.1) is 0 Å². The molecule has 1 fully saturated rings. The minimum absolute atomic E-state index is 0.0990. The largest absolute Gasteiger partial charge is 0.488 e. The molecule has 1 N–H and O–H groups in total. The van der Waals surface area contributed by atoms with Gasteiger partial charge >= 0.3 is 12.0 Å².